The summed E-state index contributed by atoms with van der Waals surface area (Å²) in [5, 5.41) is 10.3. The number of rotatable bonds is 2. The Labute approximate surface area is 97.5 Å². The Morgan fingerprint density at radius 2 is 2.25 bits per heavy atom. The minimum absolute atomic E-state index is 0.0257. The van der Waals surface area contributed by atoms with Gasteiger partial charge in [-0.15, -0.1) is 0 Å². The molecule has 2 unspecified atom stereocenters. The normalized spacial score (nSPS) is 20.9. The Hall–Kier alpha value is -1.02. The van der Waals surface area contributed by atoms with Gasteiger partial charge in [0.15, 0.2) is 0 Å². The van der Waals surface area contributed by atoms with Crippen molar-refractivity contribution in [2.45, 2.75) is 52.0 Å². The van der Waals surface area contributed by atoms with Crippen molar-refractivity contribution in [3.05, 3.63) is 28.3 Å². The smallest absolute Gasteiger partial charge is 0.124 e. The molecule has 2 rings (SSSR count). The summed E-state index contributed by atoms with van der Waals surface area (Å²) in [6.07, 6.45) is 3.02. The maximum Gasteiger partial charge on any atom is 0.124 e. The predicted molar refractivity (Wildman–Crippen MR) is 66.8 cm³/mol. The SMILES string of the molecule is CCC(C)c1cc(C)c2c(c1O)C(N)CC2. The predicted octanol–water partition coefficient (Wildman–Crippen LogP) is 3.16. The summed E-state index contributed by atoms with van der Waals surface area (Å²) in [4.78, 5) is 0. The van der Waals surface area contributed by atoms with E-state index in [4.69, 9.17) is 5.73 Å². The van der Waals surface area contributed by atoms with E-state index in [9.17, 15) is 5.11 Å². The number of benzene rings is 1. The van der Waals surface area contributed by atoms with E-state index < -0.39 is 0 Å². The number of hydrogen-bond donors (Lipinski definition) is 2. The summed E-state index contributed by atoms with van der Waals surface area (Å²) >= 11 is 0. The molecular weight excluding hydrogens is 198 g/mol. The summed E-state index contributed by atoms with van der Waals surface area (Å²) in [7, 11) is 0. The van der Waals surface area contributed by atoms with E-state index >= 15 is 0 Å². The fourth-order valence-corrected chi connectivity index (χ4v) is 2.67. The quantitative estimate of drug-likeness (QED) is 0.802. The molecule has 88 valence electrons. The van der Waals surface area contributed by atoms with Gasteiger partial charge < -0.3 is 10.8 Å². The molecule has 0 fully saturated rings. The number of fused-ring (bicyclic) bond motifs is 1. The molecule has 0 amide bonds. The van der Waals surface area contributed by atoms with Crippen LogP contribution in [0, 0.1) is 6.92 Å². The van der Waals surface area contributed by atoms with Gasteiger partial charge in [-0.25, -0.2) is 0 Å². The first kappa shape index (κ1) is 11.5. The minimum atomic E-state index is 0.0257. The lowest BCUT2D eigenvalue weighted by molar-refractivity contribution is 0.450. The Kier molecular flexibility index (Phi) is 2.94. The molecule has 1 aromatic carbocycles. The first-order valence-electron chi connectivity index (χ1n) is 6.17. The van der Waals surface area contributed by atoms with Crippen LogP contribution in [0.3, 0.4) is 0 Å². The summed E-state index contributed by atoms with van der Waals surface area (Å²) in [6, 6.07) is 2.16. The Bertz CT molecular complexity index is 412. The van der Waals surface area contributed by atoms with Crippen LogP contribution >= 0.6 is 0 Å². The van der Waals surface area contributed by atoms with E-state index in [1.807, 2.05) is 0 Å². The van der Waals surface area contributed by atoms with E-state index in [2.05, 4.69) is 26.8 Å². The molecule has 0 aliphatic heterocycles. The lowest BCUT2D eigenvalue weighted by atomic mass is 9.90. The molecule has 3 N–H and O–H groups in total. The number of phenols is 1. The first-order chi connectivity index (χ1) is 7.56. The highest BCUT2D eigenvalue weighted by molar-refractivity contribution is 5.54. The average Bonchev–Trinajstić information content (AvgIpc) is 2.65. The van der Waals surface area contributed by atoms with Crippen molar-refractivity contribution in [2.75, 3.05) is 0 Å². The van der Waals surface area contributed by atoms with Crippen LogP contribution in [0.2, 0.25) is 0 Å². The number of hydrogen-bond acceptors (Lipinski definition) is 2. The van der Waals surface area contributed by atoms with Crippen molar-refractivity contribution in [3.63, 3.8) is 0 Å². The average molecular weight is 219 g/mol. The fourth-order valence-electron chi connectivity index (χ4n) is 2.67. The van der Waals surface area contributed by atoms with E-state index in [0.29, 0.717) is 11.7 Å². The number of aryl methyl sites for hydroxylation is 1. The molecule has 0 heterocycles. The van der Waals surface area contributed by atoms with Gasteiger partial charge in [0.05, 0.1) is 0 Å². The van der Waals surface area contributed by atoms with Crippen LogP contribution in [0.1, 0.15) is 60.9 Å². The highest BCUT2D eigenvalue weighted by atomic mass is 16.3. The van der Waals surface area contributed by atoms with Crippen LogP contribution in [0.5, 0.6) is 5.75 Å². The second-order valence-corrected chi connectivity index (χ2v) is 4.98. The van der Waals surface area contributed by atoms with Crippen molar-refractivity contribution in [1.82, 2.24) is 0 Å². The van der Waals surface area contributed by atoms with Crippen molar-refractivity contribution in [3.8, 4) is 5.75 Å². The third-order valence-corrected chi connectivity index (χ3v) is 3.92. The van der Waals surface area contributed by atoms with Crippen LogP contribution in [-0.4, -0.2) is 5.11 Å². The van der Waals surface area contributed by atoms with Crippen LogP contribution in [0.4, 0.5) is 0 Å². The zero-order valence-corrected chi connectivity index (χ0v) is 10.4. The van der Waals surface area contributed by atoms with Gasteiger partial charge in [0, 0.05) is 11.6 Å². The van der Waals surface area contributed by atoms with Crippen molar-refractivity contribution < 1.29 is 5.11 Å². The summed E-state index contributed by atoms with van der Waals surface area (Å²) < 4.78 is 0. The minimum Gasteiger partial charge on any atom is -0.507 e. The molecule has 1 aliphatic carbocycles. The molecule has 0 radical (unpaired) electrons. The molecule has 2 nitrogen and oxygen atoms in total. The maximum absolute atomic E-state index is 10.3. The Morgan fingerprint density at radius 1 is 1.56 bits per heavy atom. The van der Waals surface area contributed by atoms with E-state index in [1.54, 1.807) is 0 Å². The molecule has 2 heteroatoms. The number of aromatic hydroxyl groups is 1. The third kappa shape index (κ3) is 1.61. The van der Waals surface area contributed by atoms with Crippen LogP contribution in [-0.2, 0) is 6.42 Å². The van der Waals surface area contributed by atoms with Crippen molar-refractivity contribution in [2.24, 2.45) is 5.73 Å². The van der Waals surface area contributed by atoms with Gasteiger partial charge in [-0.05, 0) is 48.8 Å². The van der Waals surface area contributed by atoms with Gasteiger partial charge >= 0.3 is 0 Å². The highest BCUT2D eigenvalue weighted by Crippen LogP contribution is 2.42. The Morgan fingerprint density at radius 3 is 2.88 bits per heavy atom. The van der Waals surface area contributed by atoms with Gasteiger partial charge in [-0.2, -0.15) is 0 Å². The summed E-state index contributed by atoms with van der Waals surface area (Å²) in [5.41, 5.74) is 10.7. The first-order valence-corrected chi connectivity index (χ1v) is 6.17. The van der Waals surface area contributed by atoms with Crippen LogP contribution in [0.25, 0.3) is 0 Å². The molecule has 16 heavy (non-hydrogen) atoms. The lowest BCUT2D eigenvalue weighted by Gasteiger charge is -2.18. The molecule has 0 aromatic heterocycles. The molecule has 1 aromatic rings. The fraction of sp³-hybridized carbons (Fsp3) is 0.571. The molecule has 1 aliphatic rings. The molecule has 0 saturated heterocycles. The second-order valence-electron chi connectivity index (χ2n) is 4.98. The number of nitrogens with two attached hydrogens (primary N) is 1. The summed E-state index contributed by atoms with van der Waals surface area (Å²) in [6.45, 7) is 6.43. The van der Waals surface area contributed by atoms with E-state index in [0.717, 1.165) is 30.4 Å². The molecule has 2 atom stereocenters. The third-order valence-electron chi connectivity index (χ3n) is 3.92. The number of phenolic OH excluding ortho intramolecular Hbond substituents is 1. The largest absolute Gasteiger partial charge is 0.507 e. The summed E-state index contributed by atoms with van der Waals surface area (Å²) in [5.74, 6) is 0.858. The molecule has 0 spiro atoms. The van der Waals surface area contributed by atoms with Gasteiger partial charge in [-0.1, -0.05) is 19.9 Å². The van der Waals surface area contributed by atoms with Gasteiger partial charge in [0.25, 0.3) is 0 Å². The topological polar surface area (TPSA) is 46.2 Å². The van der Waals surface area contributed by atoms with Gasteiger partial charge in [0.2, 0.25) is 0 Å². The second kappa shape index (κ2) is 4.10. The van der Waals surface area contributed by atoms with E-state index in [1.165, 1.54) is 11.1 Å². The standard InChI is InChI=1S/C14H21NO/c1-4-8(2)11-7-9(3)10-5-6-12(15)13(10)14(11)16/h7-8,12,16H,4-6,15H2,1-3H3. The van der Waals surface area contributed by atoms with Crippen molar-refractivity contribution >= 4 is 0 Å². The van der Waals surface area contributed by atoms with Crippen LogP contribution < -0.4 is 5.73 Å². The lowest BCUT2D eigenvalue weighted by Crippen LogP contribution is -2.07. The molecule has 0 bridgehead atoms. The zero-order chi connectivity index (χ0) is 11.9. The zero-order valence-electron chi connectivity index (χ0n) is 10.4. The van der Waals surface area contributed by atoms with Gasteiger partial charge in [-0.3, -0.25) is 0 Å². The highest BCUT2D eigenvalue weighted by Gasteiger charge is 2.27. The molecular formula is C14H21NO. The van der Waals surface area contributed by atoms with Gasteiger partial charge in [0.1, 0.15) is 5.75 Å². The van der Waals surface area contributed by atoms with Crippen molar-refractivity contribution in [1.29, 1.82) is 0 Å². The monoisotopic (exact) mass is 219 g/mol. The Balaban J connectivity index is 2.59. The van der Waals surface area contributed by atoms with E-state index in [-0.39, 0.29) is 6.04 Å². The van der Waals surface area contributed by atoms with Crippen LogP contribution in [0.15, 0.2) is 6.07 Å². The maximum atomic E-state index is 10.3. The molecule has 0 saturated carbocycles.